The topological polar surface area (TPSA) is 54.4 Å². The summed E-state index contributed by atoms with van der Waals surface area (Å²) >= 11 is 8.07. The van der Waals surface area contributed by atoms with E-state index in [1.807, 2.05) is 30.3 Å². The second kappa shape index (κ2) is 9.48. The minimum absolute atomic E-state index is 0. The van der Waals surface area contributed by atoms with Gasteiger partial charge in [-0.25, -0.2) is 0 Å². The largest absolute Gasteiger partial charge is 0.497 e. The maximum absolute atomic E-state index is 13.1. The van der Waals surface area contributed by atoms with Crippen LogP contribution in [0.1, 0.15) is 11.1 Å². The van der Waals surface area contributed by atoms with Crippen LogP contribution in [0.2, 0.25) is 5.02 Å². The third kappa shape index (κ3) is 4.20. The van der Waals surface area contributed by atoms with Gasteiger partial charge in [-0.2, -0.15) is 0 Å². The molecule has 32 heavy (non-hydrogen) atoms. The molecule has 0 unspecified atom stereocenters. The molecule has 0 aliphatic carbocycles. The normalized spacial score (nSPS) is 16.7. The molecule has 0 bridgehead atoms. The van der Waals surface area contributed by atoms with Gasteiger partial charge in [0.25, 0.3) is 5.91 Å². The Morgan fingerprint density at radius 2 is 2.06 bits per heavy atom. The number of hydrogen-bond donors (Lipinski definition) is 0. The highest BCUT2D eigenvalue weighted by molar-refractivity contribution is 8.16. The van der Waals surface area contributed by atoms with E-state index < -0.39 is 0 Å². The fourth-order valence-electron chi connectivity index (χ4n) is 3.81. The predicted molar refractivity (Wildman–Crippen MR) is 133 cm³/mol. The molecule has 166 valence electrons. The predicted octanol–water partition coefficient (Wildman–Crippen LogP) is 4.93. The van der Waals surface area contributed by atoms with E-state index in [1.54, 1.807) is 42.0 Å². The number of fused-ring (bicyclic) bond motifs is 2. The molecule has 0 saturated carbocycles. The van der Waals surface area contributed by atoms with Crippen molar-refractivity contribution in [3.8, 4) is 11.5 Å². The molecule has 1 amide bonds. The zero-order valence-electron chi connectivity index (χ0n) is 17.3. The lowest BCUT2D eigenvalue weighted by Crippen LogP contribution is -2.37. The van der Waals surface area contributed by atoms with Gasteiger partial charge in [-0.3, -0.25) is 9.79 Å². The number of carbonyl (C=O) groups excluding carboxylic acids is 1. The smallest absolute Gasteiger partial charge is 0.251 e. The van der Waals surface area contributed by atoms with E-state index in [4.69, 9.17) is 21.1 Å². The van der Waals surface area contributed by atoms with Gasteiger partial charge in [-0.05, 0) is 35.9 Å². The number of nitrogens with zero attached hydrogens (tertiary/aromatic N) is 3. The Labute approximate surface area is 201 Å². The Morgan fingerprint density at radius 1 is 1.25 bits per heavy atom. The van der Waals surface area contributed by atoms with Gasteiger partial charge in [0.15, 0.2) is 10.9 Å². The number of hydrogen-bond acceptors (Lipinski definition) is 6. The van der Waals surface area contributed by atoms with Gasteiger partial charge in [0.2, 0.25) is 0 Å². The molecule has 0 spiro atoms. The fraction of sp³-hybridized carbons (Fsp3) is 0.217. The van der Waals surface area contributed by atoms with Crippen LogP contribution in [0.3, 0.4) is 0 Å². The highest BCUT2D eigenvalue weighted by Gasteiger charge is 2.32. The van der Waals surface area contributed by atoms with Gasteiger partial charge in [-0.15, -0.1) is 12.4 Å². The first-order valence-electron chi connectivity index (χ1n) is 9.93. The summed E-state index contributed by atoms with van der Waals surface area (Å²) in [5.74, 6) is 1.34. The van der Waals surface area contributed by atoms with Crippen molar-refractivity contribution in [2.45, 2.75) is 0 Å². The number of thioether (sulfide) groups is 1. The van der Waals surface area contributed by atoms with Crippen LogP contribution in [-0.2, 0) is 4.79 Å². The van der Waals surface area contributed by atoms with Gasteiger partial charge >= 0.3 is 0 Å². The van der Waals surface area contributed by atoms with Gasteiger partial charge < -0.3 is 19.3 Å². The van der Waals surface area contributed by atoms with Gasteiger partial charge in [-0.1, -0.05) is 35.5 Å². The van der Waals surface area contributed by atoms with Crippen LogP contribution in [0, 0.1) is 0 Å². The first-order chi connectivity index (χ1) is 15.1. The molecule has 0 fully saturated rings. The van der Waals surface area contributed by atoms with Crippen LogP contribution >= 0.6 is 35.8 Å². The number of anilines is 1. The van der Waals surface area contributed by atoms with Crippen molar-refractivity contribution >= 4 is 64.3 Å². The molecule has 0 saturated heterocycles. The summed E-state index contributed by atoms with van der Waals surface area (Å²) in [6, 6.07) is 11.2. The lowest BCUT2D eigenvalue weighted by molar-refractivity contribution is -0.114. The van der Waals surface area contributed by atoms with Crippen LogP contribution < -0.4 is 14.4 Å². The molecular formula is C23H21Cl2N3O3S. The minimum Gasteiger partial charge on any atom is -0.497 e. The van der Waals surface area contributed by atoms with E-state index in [-0.39, 0.29) is 18.3 Å². The third-order valence-corrected chi connectivity index (χ3v) is 6.45. The van der Waals surface area contributed by atoms with E-state index in [0.29, 0.717) is 29.6 Å². The molecular weight excluding hydrogens is 469 g/mol. The van der Waals surface area contributed by atoms with Crippen LogP contribution in [0.4, 0.5) is 5.69 Å². The molecule has 5 rings (SSSR count). The Bertz CT molecular complexity index is 1130. The number of rotatable bonds is 4. The summed E-state index contributed by atoms with van der Waals surface area (Å²) in [4.78, 5) is 21.5. The van der Waals surface area contributed by atoms with E-state index in [2.05, 4.69) is 15.3 Å². The average Bonchev–Trinajstić information content (AvgIpc) is 3.41. The van der Waals surface area contributed by atoms with Gasteiger partial charge in [0.05, 0.1) is 31.6 Å². The van der Waals surface area contributed by atoms with Gasteiger partial charge in [0.1, 0.15) is 12.4 Å². The van der Waals surface area contributed by atoms with Crippen LogP contribution in [0.15, 0.2) is 52.9 Å². The second-order valence-corrected chi connectivity index (χ2v) is 8.46. The number of benzene rings is 2. The molecule has 6 nitrogen and oxygen atoms in total. The SMILES string of the molecule is COc1ccc(C=CC(=O)N2CCOc3c(C4=CSC5=NCCN45)cc(Cl)cc32)cc1.Cl. The molecule has 9 heteroatoms. The average molecular weight is 490 g/mol. The van der Waals surface area contributed by atoms with Crippen molar-refractivity contribution in [3.05, 3.63) is 64.0 Å². The van der Waals surface area contributed by atoms with Gasteiger partial charge in [0, 0.05) is 28.6 Å². The highest BCUT2D eigenvalue weighted by atomic mass is 35.5. The first kappa shape index (κ1) is 22.6. The molecule has 0 aromatic heterocycles. The Balaban J connectivity index is 0.00000245. The monoisotopic (exact) mass is 489 g/mol. The van der Waals surface area contributed by atoms with Crippen LogP contribution in [0.25, 0.3) is 11.8 Å². The van der Waals surface area contributed by atoms with Crippen LogP contribution in [0.5, 0.6) is 11.5 Å². The van der Waals surface area contributed by atoms with Crippen molar-refractivity contribution in [1.82, 2.24) is 4.90 Å². The van der Waals surface area contributed by atoms with Crippen molar-refractivity contribution in [3.63, 3.8) is 0 Å². The highest BCUT2D eigenvalue weighted by Crippen LogP contribution is 2.45. The summed E-state index contributed by atoms with van der Waals surface area (Å²) < 4.78 is 11.2. The number of amides is 1. The van der Waals surface area contributed by atoms with E-state index in [1.165, 1.54) is 0 Å². The molecule has 2 aromatic carbocycles. The van der Waals surface area contributed by atoms with Crippen LogP contribution in [-0.4, -0.2) is 49.3 Å². The Hall–Kier alpha value is -2.61. The summed E-state index contributed by atoms with van der Waals surface area (Å²) in [5.41, 5.74) is 3.51. The first-order valence-corrected chi connectivity index (χ1v) is 11.2. The lowest BCUT2D eigenvalue weighted by Gasteiger charge is -2.31. The minimum atomic E-state index is -0.119. The summed E-state index contributed by atoms with van der Waals surface area (Å²) in [5, 5.41) is 3.62. The standard InChI is InChI=1S/C23H20ClN3O3S.ClH/c1-29-17-5-2-15(3-6-17)4-7-21(28)26-10-11-30-22-18(12-16(24)13-19(22)26)20-14-31-23-25-8-9-27(20)23;/h2-7,12-14H,8-11H2,1H3;1H. The van der Waals surface area contributed by atoms with Crippen molar-refractivity contribution in [1.29, 1.82) is 0 Å². The number of ether oxygens (including phenoxy) is 2. The molecule has 0 atom stereocenters. The summed E-state index contributed by atoms with van der Waals surface area (Å²) in [6.07, 6.45) is 3.37. The van der Waals surface area contributed by atoms with E-state index in [0.717, 1.165) is 40.8 Å². The zero-order valence-corrected chi connectivity index (χ0v) is 19.7. The summed E-state index contributed by atoms with van der Waals surface area (Å²) in [7, 11) is 1.63. The Morgan fingerprint density at radius 3 is 2.84 bits per heavy atom. The molecule has 0 N–H and O–H groups in total. The molecule has 3 aliphatic heterocycles. The third-order valence-electron chi connectivity index (χ3n) is 5.33. The maximum Gasteiger partial charge on any atom is 0.251 e. The second-order valence-electron chi connectivity index (χ2n) is 7.18. The molecule has 2 aromatic rings. The number of amidine groups is 1. The quantitative estimate of drug-likeness (QED) is 0.570. The number of carbonyl (C=O) groups is 1. The molecule has 0 radical (unpaired) electrons. The molecule has 3 aliphatic rings. The van der Waals surface area contributed by atoms with E-state index >= 15 is 0 Å². The zero-order chi connectivity index (χ0) is 21.4. The maximum atomic E-state index is 13.1. The number of aliphatic imine (C=N–C) groups is 1. The number of halogens is 2. The fourth-order valence-corrected chi connectivity index (χ4v) is 4.98. The number of methoxy groups -OCH3 is 1. The lowest BCUT2D eigenvalue weighted by atomic mass is 10.1. The van der Waals surface area contributed by atoms with Crippen molar-refractivity contribution in [2.75, 3.05) is 38.3 Å². The van der Waals surface area contributed by atoms with Crippen molar-refractivity contribution in [2.24, 2.45) is 4.99 Å². The summed E-state index contributed by atoms with van der Waals surface area (Å²) in [6.45, 7) is 2.50. The molecule has 3 heterocycles. The van der Waals surface area contributed by atoms with E-state index in [9.17, 15) is 4.79 Å². The Kier molecular flexibility index (Phi) is 6.69. The van der Waals surface area contributed by atoms with Crippen molar-refractivity contribution < 1.29 is 14.3 Å².